The van der Waals surface area contributed by atoms with E-state index in [2.05, 4.69) is 33.9 Å². The highest BCUT2D eigenvalue weighted by atomic mass is 15.3. The van der Waals surface area contributed by atoms with Crippen LogP contribution in [0.4, 0.5) is 0 Å². The summed E-state index contributed by atoms with van der Waals surface area (Å²) in [6, 6.07) is 0.453. The Morgan fingerprint density at radius 2 is 2.07 bits per heavy atom. The fourth-order valence-corrected chi connectivity index (χ4v) is 1.68. The largest absolute Gasteiger partial charge is 0.320 e. The van der Waals surface area contributed by atoms with Crippen LogP contribution in [-0.4, -0.2) is 28.4 Å². The summed E-state index contributed by atoms with van der Waals surface area (Å²) < 4.78 is 2.20. The van der Waals surface area contributed by atoms with E-state index < -0.39 is 0 Å². The Morgan fingerprint density at radius 1 is 1.36 bits per heavy atom. The summed E-state index contributed by atoms with van der Waals surface area (Å²) in [5.41, 5.74) is 0. The first-order valence-corrected chi connectivity index (χ1v) is 5.21. The first-order chi connectivity index (χ1) is 6.66. The summed E-state index contributed by atoms with van der Waals surface area (Å²) in [6.45, 7) is 7.37. The van der Waals surface area contributed by atoms with Crippen LogP contribution in [0.1, 0.15) is 38.0 Å². The number of aryl methyl sites for hydroxylation is 2. The number of rotatable bonds is 5. The molecule has 14 heavy (non-hydrogen) atoms. The zero-order valence-electron chi connectivity index (χ0n) is 9.54. The molecule has 1 rings (SSSR count). The van der Waals surface area contributed by atoms with Crippen LogP contribution in [0.3, 0.4) is 0 Å². The maximum Gasteiger partial charge on any atom is 0.133 e. The van der Waals surface area contributed by atoms with E-state index in [0.29, 0.717) is 6.04 Å². The second-order valence-corrected chi connectivity index (χ2v) is 3.83. The fourth-order valence-electron chi connectivity index (χ4n) is 1.68. The average Bonchev–Trinajstić information content (AvgIpc) is 2.47. The van der Waals surface area contributed by atoms with Gasteiger partial charge in [0.2, 0.25) is 0 Å². The Morgan fingerprint density at radius 3 is 2.64 bits per heavy atom. The van der Waals surface area contributed by atoms with Gasteiger partial charge >= 0.3 is 0 Å². The first-order valence-electron chi connectivity index (χ1n) is 5.21. The van der Waals surface area contributed by atoms with E-state index in [1.54, 1.807) is 0 Å². The van der Waals surface area contributed by atoms with Gasteiger partial charge in [0.1, 0.15) is 11.6 Å². The number of hydrogen-bond donors (Lipinski definition) is 1. The zero-order valence-corrected chi connectivity index (χ0v) is 9.54. The molecule has 0 atom stereocenters. The minimum Gasteiger partial charge on any atom is -0.320 e. The maximum atomic E-state index is 4.19. The van der Waals surface area contributed by atoms with Crippen molar-refractivity contribution < 1.29 is 0 Å². The Hall–Kier alpha value is -0.900. The van der Waals surface area contributed by atoms with Crippen LogP contribution >= 0.6 is 0 Å². The highest BCUT2D eigenvalue weighted by Crippen LogP contribution is 2.11. The third-order valence-corrected chi connectivity index (χ3v) is 2.28. The summed E-state index contributed by atoms with van der Waals surface area (Å²) in [7, 11) is 1.97. The summed E-state index contributed by atoms with van der Waals surface area (Å²) in [6.07, 6.45) is 2.11. The Balaban J connectivity index is 2.66. The van der Waals surface area contributed by atoms with Crippen molar-refractivity contribution in [2.24, 2.45) is 0 Å². The number of nitrogens with one attached hydrogen (secondary N) is 1. The fraction of sp³-hybridized carbons (Fsp3) is 0.800. The van der Waals surface area contributed by atoms with E-state index in [0.717, 1.165) is 31.0 Å². The molecule has 0 saturated heterocycles. The van der Waals surface area contributed by atoms with E-state index in [1.807, 2.05) is 14.0 Å². The standard InChI is InChI=1S/C10H20N4/c1-8(2)14-9(3)12-13-10(14)6-5-7-11-4/h8,11H,5-7H2,1-4H3. The van der Waals surface area contributed by atoms with Gasteiger partial charge in [-0.1, -0.05) is 0 Å². The highest BCUT2D eigenvalue weighted by molar-refractivity contribution is 4.96. The van der Waals surface area contributed by atoms with E-state index in [4.69, 9.17) is 0 Å². The molecule has 0 radical (unpaired) electrons. The topological polar surface area (TPSA) is 42.7 Å². The van der Waals surface area contributed by atoms with Crippen LogP contribution < -0.4 is 5.32 Å². The Bertz CT molecular complexity index is 278. The molecule has 4 nitrogen and oxygen atoms in total. The lowest BCUT2D eigenvalue weighted by Gasteiger charge is -2.11. The molecule has 0 aliphatic rings. The smallest absolute Gasteiger partial charge is 0.133 e. The molecule has 1 N–H and O–H groups in total. The van der Waals surface area contributed by atoms with Gasteiger partial charge in [0.15, 0.2) is 0 Å². The van der Waals surface area contributed by atoms with Crippen molar-refractivity contribution in [2.75, 3.05) is 13.6 Å². The van der Waals surface area contributed by atoms with Crippen LogP contribution in [0.15, 0.2) is 0 Å². The predicted molar refractivity (Wildman–Crippen MR) is 57.4 cm³/mol. The van der Waals surface area contributed by atoms with Gasteiger partial charge in [0.25, 0.3) is 0 Å². The highest BCUT2D eigenvalue weighted by Gasteiger charge is 2.10. The molecule has 4 heteroatoms. The van der Waals surface area contributed by atoms with Crippen LogP contribution in [0.25, 0.3) is 0 Å². The quantitative estimate of drug-likeness (QED) is 0.722. The number of hydrogen-bond acceptors (Lipinski definition) is 3. The van der Waals surface area contributed by atoms with Gasteiger partial charge in [-0.2, -0.15) is 0 Å². The second kappa shape index (κ2) is 5.10. The zero-order chi connectivity index (χ0) is 10.6. The normalized spacial score (nSPS) is 11.2. The summed E-state index contributed by atoms with van der Waals surface area (Å²) in [5, 5.41) is 11.4. The maximum absolute atomic E-state index is 4.19. The van der Waals surface area contributed by atoms with Gasteiger partial charge in [-0.15, -0.1) is 10.2 Å². The average molecular weight is 196 g/mol. The molecule has 0 spiro atoms. The monoisotopic (exact) mass is 196 g/mol. The van der Waals surface area contributed by atoms with Crippen LogP contribution in [-0.2, 0) is 6.42 Å². The van der Waals surface area contributed by atoms with Gasteiger partial charge < -0.3 is 9.88 Å². The van der Waals surface area contributed by atoms with E-state index in [9.17, 15) is 0 Å². The second-order valence-electron chi connectivity index (χ2n) is 3.83. The van der Waals surface area contributed by atoms with Crippen molar-refractivity contribution in [3.63, 3.8) is 0 Å². The van der Waals surface area contributed by atoms with Crippen LogP contribution in [0.2, 0.25) is 0 Å². The Labute approximate surface area is 85.7 Å². The molecule has 0 aliphatic carbocycles. The van der Waals surface area contributed by atoms with Gasteiger partial charge in [0, 0.05) is 12.5 Å². The molecule has 1 aromatic rings. The minimum absolute atomic E-state index is 0.453. The lowest BCUT2D eigenvalue weighted by atomic mass is 10.2. The van der Waals surface area contributed by atoms with Crippen molar-refractivity contribution in [3.8, 4) is 0 Å². The molecule has 80 valence electrons. The lowest BCUT2D eigenvalue weighted by molar-refractivity contribution is 0.545. The van der Waals surface area contributed by atoms with Crippen molar-refractivity contribution >= 4 is 0 Å². The molecule has 0 aromatic carbocycles. The summed E-state index contributed by atoms with van der Waals surface area (Å²) >= 11 is 0. The van der Waals surface area contributed by atoms with E-state index in [1.165, 1.54) is 0 Å². The van der Waals surface area contributed by atoms with Gasteiger partial charge in [0.05, 0.1) is 0 Å². The van der Waals surface area contributed by atoms with E-state index >= 15 is 0 Å². The molecule has 1 heterocycles. The molecule has 0 amide bonds. The molecule has 0 unspecified atom stereocenters. The number of aromatic nitrogens is 3. The molecule has 1 aromatic heterocycles. The first kappa shape index (κ1) is 11.2. The van der Waals surface area contributed by atoms with Crippen LogP contribution in [0, 0.1) is 6.92 Å². The van der Waals surface area contributed by atoms with Gasteiger partial charge in [-0.25, -0.2) is 0 Å². The van der Waals surface area contributed by atoms with Crippen molar-refractivity contribution in [2.45, 2.75) is 39.7 Å². The molecule has 0 aliphatic heterocycles. The van der Waals surface area contributed by atoms with Crippen molar-refractivity contribution in [1.29, 1.82) is 0 Å². The van der Waals surface area contributed by atoms with Crippen molar-refractivity contribution in [1.82, 2.24) is 20.1 Å². The SMILES string of the molecule is CNCCCc1nnc(C)n1C(C)C. The summed E-state index contributed by atoms with van der Waals surface area (Å²) in [4.78, 5) is 0. The minimum atomic E-state index is 0.453. The molecule has 0 bridgehead atoms. The molecular formula is C10H20N4. The summed E-state index contributed by atoms with van der Waals surface area (Å²) in [5.74, 6) is 2.12. The van der Waals surface area contributed by atoms with Gasteiger partial charge in [-0.3, -0.25) is 0 Å². The number of nitrogens with zero attached hydrogens (tertiary/aromatic N) is 3. The molecule has 0 fully saturated rings. The third kappa shape index (κ3) is 2.54. The third-order valence-electron chi connectivity index (χ3n) is 2.28. The predicted octanol–water partition coefficient (Wildman–Crippen LogP) is 1.32. The van der Waals surface area contributed by atoms with Crippen LogP contribution in [0.5, 0.6) is 0 Å². The van der Waals surface area contributed by atoms with Crippen molar-refractivity contribution in [3.05, 3.63) is 11.6 Å². The Kier molecular flexibility index (Phi) is 4.07. The van der Waals surface area contributed by atoms with Gasteiger partial charge in [-0.05, 0) is 40.8 Å². The molecule has 0 saturated carbocycles. The van der Waals surface area contributed by atoms with E-state index in [-0.39, 0.29) is 0 Å². The lowest BCUT2D eigenvalue weighted by Crippen LogP contribution is -2.12. The molecular weight excluding hydrogens is 176 g/mol.